The van der Waals surface area contributed by atoms with Crippen LogP contribution in [0.4, 0.5) is 5.69 Å². The summed E-state index contributed by atoms with van der Waals surface area (Å²) in [4.78, 5) is 11.5. The third kappa shape index (κ3) is 4.74. The Labute approximate surface area is 181 Å². The molecule has 2 N–H and O–H groups in total. The van der Waals surface area contributed by atoms with Gasteiger partial charge in [-0.25, -0.2) is 4.98 Å². The molecule has 7 heteroatoms. The Morgan fingerprint density at radius 1 is 1.20 bits per heavy atom. The molecule has 1 fully saturated rings. The highest BCUT2D eigenvalue weighted by molar-refractivity contribution is 7.13. The maximum atomic E-state index is 5.51. The Morgan fingerprint density at radius 2 is 2.00 bits per heavy atom. The van der Waals surface area contributed by atoms with E-state index in [4.69, 9.17) is 9.72 Å². The van der Waals surface area contributed by atoms with Gasteiger partial charge in [0.25, 0.3) is 0 Å². The Morgan fingerprint density at radius 3 is 2.80 bits per heavy atom. The number of thiazole rings is 1. The van der Waals surface area contributed by atoms with Crippen molar-refractivity contribution in [2.75, 3.05) is 32.1 Å². The predicted octanol–water partition coefficient (Wildman–Crippen LogP) is 3.76. The smallest absolute Gasteiger partial charge is 0.191 e. The van der Waals surface area contributed by atoms with E-state index in [9.17, 15) is 0 Å². The summed E-state index contributed by atoms with van der Waals surface area (Å²) in [6.45, 7) is 2.55. The van der Waals surface area contributed by atoms with Crippen molar-refractivity contribution < 1.29 is 4.74 Å². The lowest BCUT2D eigenvalue weighted by atomic mass is 10.2. The molecule has 1 aliphatic heterocycles. The summed E-state index contributed by atoms with van der Waals surface area (Å²) < 4.78 is 5.51. The minimum Gasteiger partial charge on any atom is -0.495 e. The molecule has 4 rings (SSSR count). The number of hydrogen-bond acceptors (Lipinski definition) is 5. The number of methoxy groups -OCH3 is 1. The zero-order valence-electron chi connectivity index (χ0n) is 17.3. The second-order valence-corrected chi connectivity index (χ2v) is 8.04. The predicted molar refractivity (Wildman–Crippen MR) is 124 cm³/mol. The first-order valence-corrected chi connectivity index (χ1v) is 11.0. The van der Waals surface area contributed by atoms with Gasteiger partial charge in [-0.05, 0) is 18.6 Å². The van der Waals surface area contributed by atoms with E-state index in [1.54, 1.807) is 25.5 Å². The van der Waals surface area contributed by atoms with Crippen LogP contribution in [0.1, 0.15) is 12.1 Å². The topological polar surface area (TPSA) is 61.8 Å². The van der Waals surface area contributed by atoms with Gasteiger partial charge in [0.15, 0.2) is 5.96 Å². The Hall–Kier alpha value is -3.06. The fourth-order valence-corrected chi connectivity index (χ4v) is 4.48. The van der Waals surface area contributed by atoms with E-state index >= 15 is 0 Å². The van der Waals surface area contributed by atoms with Crippen LogP contribution in [0, 0.1) is 0 Å². The zero-order chi connectivity index (χ0) is 20.8. The van der Waals surface area contributed by atoms with E-state index in [-0.39, 0.29) is 0 Å². The Balaban J connectivity index is 1.31. The highest BCUT2D eigenvalue weighted by Gasteiger charge is 2.25. The monoisotopic (exact) mass is 421 g/mol. The number of aliphatic imine (C=N–C) groups is 1. The Kier molecular flexibility index (Phi) is 6.49. The molecule has 0 amide bonds. The average Bonchev–Trinajstić information content (AvgIpc) is 3.47. The number of rotatable bonds is 6. The second kappa shape index (κ2) is 9.63. The van der Waals surface area contributed by atoms with E-state index in [2.05, 4.69) is 50.2 Å². The number of nitrogens with zero attached hydrogens (tertiary/aromatic N) is 3. The minimum atomic E-state index is 0.330. The Bertz CT molecular complexity index is 988. The molecular weight excluding hydrogens is 394 g/mol. The summed E-state index contributed by atoms with van der Waals surface area (Å²) in [6, 6.07) is 18.8. The van der Waals surface area contributed by atoms with E-state index in [1.807, 2.05) is 30.3 Å². The van der Waals surface area contributed by atoms with Crippen LogP contribution in [0.25, 0.3) is 10.6 Å². The van der Waals surface area contributed by atoms with E-state index in [0.29, 0.717) is 12.6 Å². The molecule has 0 bridgehead atoms. The fourth-order valence-electron chi connectivity index (χ4n) is 3.65. The first-order valence-electron chi connectivity index (χ1n) is 10.1. The first-order chi connectivity index (χ1) is 14.8. The van der Waals surface area contributed by atoms with Gasteiger partial charge in [-0.15, -0.1) is 11.3 Å². The van der Waals surface area contributed by atoms with Crippen LogP contribution in [-0.2, 0) is 6.54 Å². The number of guanidine groups is 1. The fraction of sp³-hybridized carbons (Fsp3) is 0.304. The van der Waals surface area contributed by atoms with E-state index < -0.39 is 0 Å². The number of hydrogen-bond donors (Lipinski definition) is 2. The largest absolute Gasteiger partial charge is 0.495 e. The molecule has 0 radical (unpaired) electrons. The van der Waals surface area contributed by atoms with Gasteiger partial charge in [0.2, 0.25) is 0 Å². The van der Waals surface area contributed by atoms with Crippen molar-refractivity contribution >= 4 is 23.0 Å². The number of anilines is 1. The number of nitrogens with one attached hydrogen (secondary N) is 2. The van der Waals surface area contributed by atoms with Gasteiger partial charge in [-0.3, -0.25) is 4.99 Å². The van der Waals surface area contributed by atoms with Crippen molar-refractivity contribution in [3.8, 4) is 16.3 Å². The summed E-state index contributed by atoms with van der Waals surface area (Å²) in [7, 11) is 3.52. The molecule has 30 heavy (non-hydrogen) atoms. The molecule has 1 aliphatic rings. The van der Waals surface area contributed by atoms with Crippen LogP contribution in [0.2, 0.25) is 0 Å². The normalized spacial score (nSPS) is 16.5. The summed E-state index contributed by atoms with van der Waals surface area (Å²) >= 11 is 1.67. The van der Waals surface area contributed by atoms with Crippen LogP contribution < -0.4 is 20.3 Å². The van der Waals surface area contributed by atoms with Crippen molar-refractivity contribution in [2.45, 2.75) is 19.0 Å². The maximum Gasteiger partial charge on any atom is 0.191 e. The molecule has 0 aliphatic carbocycles. The van der Waals surface area contributed by atoms with Gasteiger partial charge in [-0.1, -0.05) is 42.5 Å². The highest BCUT2D eigenvalue weighted by Crippen LogP contribution is 2.30. The lowest BCUT2D eigenvalue weighted by Gasteiger charge is -2.22. The second-order valence-electron chi connectivity index (χ2n) is 7.18. The highest BCUT2D eigenvalue weighted by atomic mass is 32.1. The van der Waals surface area contributed by atoms with Gasteiger partial charge in [0.05, 0.1) is 25.0 Å². The molecule has 2 heterocycles. The van der Waals surface area contributed by atoms with Gasteiger partial charge >= 0.3 is 0 Å². The van der Waals surface area contributed by atoms with Gasteiger partial charge in [-0.2, -0.15) is 0 Å². The van der Waals surface area contributed by atoms with Gasteiger partial charge < -0.3 is 20.3 Å². The minimum absolute atomic E-state index is 0.330. The van der Waals surface area contributed by atoms with Crippen molar-refractivity contribution in [1.82, 2.24) is 15.6 Å². The van der Waals surface area contributed by atoms with Crippen molar-refractivity contribution in [3.05, 3.63) is 65.7 Å². The molecule has 1 unspecified atom stereocenters. The molecule has 1 aromatic heterocycles. The molecular formula is C23H27N5OS. The quantitative estimate of drug-likeness (QED) is 0.469. The van der Waals surface area contributed by atoms with Crippen LogP contribution >= 0.6 is 11.3 Å². The van der Waals surface area contributed by atoms with Crippen molar-refractivity contribution in [3.63, 3.8) is 0 Å². The molecule has 0 saturated carbocycles. The third-order valence-electron chi connectivity index (χ3n) is 5.19. The number of aromatic nitrogens is 1. The van der Waals surface area contributed by atoms with Crippen LogP contribution in [-0.4, -0.2) is 44.2 Å². The molecule has 2 aromatic carbocycles. The van der Waals surface area contributed by atoms with E-state index in [0.717, 1.165) is 53.2 Å². The van der Waals surface area contributed by atoms with E-state index in [1.165, 1.54) is 0 Å². The zero-order valence-corrected chi connectivity index (χ0v) is 18.2. The van der Waals surface area contributed by atoms with Crippen LogP contribution in [0.15, 0.2) is 65.0 Å². The summed E-state index contributed by atoms with van der Waals surface area (Å²) in [5.74, 6) is 1.72. The third-order valence-corrected chi connectivity index (χ3v) is 6.13. The van der Waals surface area contributed by atoms with Crippen molar-refractivity contribution in [2.24, 2.45) is 4.99 Å². The summed E-state index contributed by atoms with van der Waals surface area (Å²) in [5, 5.41) is 10.1. The lowest BCUT2D eigenvalue weighted by molar-refractivity contribution is 0.415. The number of para-hydroxylation sites is 2. The number of benzene rings is 2. The SMILES string of the molecule is CN=C(NCc1csc(-c2ccccc2)n1)NC1CCN(c2ccccc2OC)C1. The summed E-state index contributed by atoms with van der Waals surface area (Å²) in [6.07, 6.45) is 1.05. The lowest BCUT2D eigenvalue weighted by Crippen LogP contribution is -2.44. The molecule has 1 saturated heterocycles. The molecule has 0 spiro atoms. The van der Waals surface area contributed by atoms with Gasteiger partial charge in [0.1, 0.15) is 10.8 Å². The standard InChI is InChI=1S/C23H27N5OS/c1-24-23(25-14-19-16-30-22(26-19)17-8-4-3-5-9-17)27-18-12-13-28(15-18)20-10-6-7-11-21(20)29-2/h3-11,16,18H,12-15H2,1-2H3,(H2,24,25,27). The molecule has 6 nitrogen and oxygen atoms in total. The van der Waals surface area contributed by atoms with Crippen LogP contribution in [0.3, 0.4) is 0 Å². The molecule has 156 valence electrons. The molecule has 1 atom stereocenters. The maximum absolute atomic E-state index is 5.51. The van der Waals surface area contributed by atoms with Crippen molar-refractivity contribution in [1.29, 1.82) is 0 Å². The summed E-state index contributed by atoms with van der Waals surface area (Å²) in [5.41, 5.74) is 3.31. The molecule has 3 aromatic rings. The van der Waals surface area contributed by atoms with Gasteiger partial charge in [0, 0.05) is 37.1 Å². The first kappa shape index (κ1) is 20.2. The van der Waals surface area contributed by atoms with Crippen LogP contribution in [0.5, 0.6) is 5.75 Å². The average molecular weight is 422 g/mol. The number of ether oxygens (including phenoxy) is 1.